The Kier molecular flexibility index (Phi) is 6.14. The van der Waals surface area contributed by atoms with Crippen LogP contribution in [0.5, 0.6) is 0 Å². The molecule has 1 aliphatic carbocycles. The number of urea groups is 1. The highest BCUT2D eigenvalue weighted by Gasteiger charge is 2.34. The second-order valence-corrected chi connectivity index (χ2v) is 8.71. The molecule has 1 atom stereocenters. The van der Waals surface area contributed by atoms with Crippen molar-refractivity contribution in [2.24, 2.45) is 0 Å². The highest BCUT2D eigenvalue weighted by Crippen LogP contribution is 2.34. The van der Waals surface area contributed by atoms with E-state index in [0.29, 0.717) is 28.2 Å². The van der Waals surface area contributed by atoms with Crippen LogP contribution in [-0.4, -0.2) is 44.6 Å². The van der Waals surface area contributed by atoms with Gasteiger partial charge in [-0.1, -0.05) is 30.7 Å². The lowest BCUT2D eigenvalue weighted by Gasteiger charge is -2.28. The lowest BCUT2D eigenvalue weighted by molar-refractivity contribution is -0.139. The van der Waals surface area contributed by atoms with Gasteiger partial charge in [0, 0.05) is 16.3 Å². The second-order valence-electron chi connectivity index (χ2n) is 6.79. The van der Waals surface area contributed by atoms with E-state index in [1.807, 2.05) is 22.2 Å². The van der Waals surface area contributed by atoms with Gasteiger partial charge in [-0.3, -0.25) is 0 Å². The number of rotatable bonds is 7. The number of ether oxygens (including phenoxy) is 1. The summed E-state index contributed by atoms with van der Waals surface area (Å²) in [4.78, 5) is 25.9. The van der Waals surface area contributed by atoms with Crippen molar-refractivity contribution in [1.82, 2.24) is 30.8 Å². The fourth-order valence-electron chi connectivity index (χ4n) is 3.65. The maximum Gasteiger partial charge on any atom is 0.338 e. The molecule has 1 aliphatic heterocycles. The van der Waals surface area contributed by atoms with Crippen LogP contribution in [0.3, 0.4) is 0 Å². The van der Waals surface area contributed by atoms with Crippen molar-refractivity contribution in [3.05, 3.63) is 33.7 Å². The van der Waals surface area contributed by atoms with Crippen LogP contribution in [0, 0.1) is 0 Å². The van der Waals surface area contributed by atoms with Crippen LogP contribution in [0.2, 0.25) is 0 Å². The minimum atomic E-state index is -0.538. The molecule has 3 heterocycles. The fraction of sp³-hybridized carbons (Fsp3) is 0.500. The van der Waals surface area contributed by atoms with Crippen molar-refractivity contribution in [2.45, 2.75) is 49.8 Å². The number of amides is 2. The number of hydrogen-bond acceptors (Lipinski definition) is 8. The summed E-state index contributed by atoms with van der Waals surface area (Å²) >= 11 is 2.89. The van der Waals surface area contributed by atoms with Gasteiger partial charge in [0.05, 0.1) is 24.3 Å². The molecule has 2 amide bonds. The first-order valence-electron chi connectivity index (χ1n) is 9.59. The van der Waals surface area contributed by atoms with Gasteiger partial charge in [-0.2, -0.15) is 0 Å². The molecular formula is C18H22N6O3S2. The van der Waals surface area contributed by atoms with Crippen LogP contribution in [-0.2, 0) is 9.53 Å². The summed E-state index contributed by atoms with van der Waals surface area (Å²) in [6, 6.07) is 3.21. The summed E-state index contributed by atoms with van der Waals surface area (Å²) in [5.74, 6) is -0.0827. The maximum absolute atomic E-state index is 12.7. The molecule has 1 saturated carbocycles. The molecule has 2 aromatic heterocycles. The first kappa shape index (κ1) is 19.9. The van der Waals surface area contributed by atoms with E-state index in [0.717, 1.165) is 17.7 Å². The fourth-order valence-corrected chi connectivity index (χ4v) is 5.34. The Morgan fingerprint density at radius 2 is 2.24 bits per heavy atom. The molecule has 0 radical (unpaired) electrons. The molecular weight excluding hydrogens is 412 g/mol. The van der Waals surface area contributed by atoms with E-state index in [9.17, 15) is 9.59 Å². The minimum Gasteiger partial charge on any atom is -0.463 e. The van der Waals surface area contributed by atoms with E-state index < -0.39 is 12.0 Å². The zero-order valence-electron chi connectivity index (χ0n) is 16.0. The van der Waals surface area contributed by atoms with Crippen LogP contribution >= 0.6 is 23.1 Å². The summed E-state index contributed by atoms with van der Waals surface area (Å²) in [5, 5.41) is 20.3. The van der Waals surface area contributed by atoms with Gasteiger partial charge in [0.1, 0.15) is 0 Å². The van der Waals surface area contributed by atoms with Gasteiger partial charge in [0.25, 0.3) is 0 Å². The standard InChI is InChI=1S/C18H22N6O3S2/c1-2-27-16(25)14-12(19-17(26)20-15(14)13-8-5-9-28-13)10-29-18-21-22-23-24(18)11-6-3-4-7-11/h5,8-9,11,15H,2-4,6-7,10H2,1H3,(H2,19,20,26)/t15-/m1/s1. The number of esters is 1. The van der Waals surface area contributed by atoms with Crippen LogP contribution in [0.4, 0.5) is 4.79 Å². The first-order chi connectivity index (χ1) is 14.2. The maximum atomic E-state index is 12.7. The number of nitrogens with zero attached hydrogens (tertiary/aromatic N) is 4. The molecule has 2 aromatic rings. The largest absolute Gasteiger partial charge is 0.463 e. The van der Waals surface area contributed by atoms with Crippen molar-refractivity contribution in [2.75, 3.05) is 12.4 Å². The molecule has 4 rings (SSSR count). The number of carbonyl (C=O) groups is 2. The predicted molar refractivity (Wildman–Crippen MR) is 108 cm³/mol. The zero-order chi connectivity index (χ0) is 20.2. The van der Waals surface area contributed by atoms with Gasteiger partial charge < -0.3 is 15.4 Å². The van der Waals surface area contributed by atoms with E-state index in [4.69, 9.17) is 4.74 Å². The second kappa shape index (κ2) is 8.95. The van der Waals surface area contributed by atoms with Crippen LogP contribution in [0.25, 0.3) is 0 Å². The van der Waals surface area contributed by atoms with Gasteiger partial charge >= 0.3 is 12.0 Å². The Morgan fingerprint density at radius 1 is 1.41 bits per heavy atom. The Hall–Kier alpha value is -2.40. The van der Waals surface area contributed by atoms with E-state index >= 15 is 0 Å². The number of nitrogens with one attached hydrogen (secondary N) is 2. The van der Waals surface area contributed by atoms with Gasteiger partial charge in [0.2, 0.25) is 5.16 Å². The van der Waals surface area contributed by atoms with Crippen molar-refractivity contribution < 1.29 is 14.3 Å². The minimum absolute atomic E-state index is 0.258. The molecule has 2 aliphatic rings. The molecule has 0 unspecified atom stereocenters. The molecule has 0 spiro atoms. The van der Waals surface area contributed by atoms with Crippen molar-refractivity contribution >= 4 is 35.1 Å². The number of thioether (sulfide) groups is 1. The molecule has 0 aromatic carbocycles. The Bertz CT molecular complexity index is 905. The molecule has 29 heavy (non-hydrogen) atoms. The van der Waals surface area contributed by atoms with E-state index in [1.165, 1.54) is 35.9 Å². The smallest absolute Gasteiger partial charge is 0.338 e. The van der Waals surface area contributed by atoms with Gasteiger partial charge in [-0.05, 0) is 41.6 Å². The van der Waals surface area contributed by atoms with Gasteiger partial charge in [-0.15, -0.1) is 16.4 Å². The Balaban J connectivity index is 1.61. The topological polar surface area (TPSA) is 111 Å². The molecule has 0 bridgehead atoms. The number of hydrogen-bond donors (Lipinski definition) is 2. The molecule has 11 heteroatoms. The third-order valence-corrected chi connectivity index (χ3v) is 6.85. The summed E-state index contributed by atoms with van der Waals surface area (Å²) in [5.41, 5.74) is 0.942. The van der Waals surface area contributed by atoms with E-state index in [1.54, 1.807) is 6.92 Å². The lowest BCUT2D eigenvalue weighted by atomic mass is 10.0. The molecule has 0 saturated heterocycles. The Morgan fingerprint density at radius 3 is 2.97 bits per heavy atom. The van der Waals surface area contributed by atoms with E-state index in [-0.39, 0.29) is 12.6 Å². The summed E-state index contributed by atoms with van der Waals surface area (Å²) in [6.45, 7) is 2.02. The third-order valence-electron chi connectivity index (χ3n) is 4.96. The normalized spacial score (nSPS) is 19.9. The summed E-state index contributed by atoms with van der Waals surface area (Å²) < 4.78 is 7.14. The van der Waals surface area contributed by atoms with Gasteiger partial charge in [0.15, 0.2) is 0 Å². The van der Waals surface area contributed by atoms with Crippen LogP contribution in [0.1, 0.15) is 49.6 Å². The lowest BCUT2D eigenvalue weighted by Crippen LogP contribution is -2.46. The van der Waals surface area contributed by atoms with Crippen molar-refractivity contribution in [3.63, 3.8) is 0 Å². The average molecular weight is 435 g/mol. The molecule has 154 valence electrons. The third kappa shape index (κ3) is 4.30. The molecule has 9 nitrogen and oxygen atoms in total. The number of tetrazole rings is 1. The van der Waals surface area contributed by atoms with Crippen molar-refractivity contribution in [3.8, 4) is 0 Å². The molecule has 1 fully saturated rings. The SMILES string of the molecule is CCOC(=O)C1=C(CSc2nnnn2C2CCCC2)NC(=O)N[C@@H]1c1cccs1. The van der Waals surface area contributed by atoms with E-state index in [2.05, 4.69) is 26.2 Å². The quantitative estimate of drug-likeness (QED) is 0.509. The average Bonchev–Trinajstić information content (AvgIpc) is 3.48. The van der Waals surface area contributed by atoms with Crippen LogP contribution in [0.15, 0.2) is 33.9 Å². The van der Waals surface area contributed by atoms with Gasteiger partial charge in [-0.25, -0.2) is 14.3 Å². The highest BCUT2D eigenvalue weighted by molar-refractivity contribution is 7.99. The van der Waals surface area contributed by atoms with Crippen molar-refractivity contribution in [1.29, 1.82) is 0 Å². The first-order valence-corrected chi connectivity index (χ1v) is 11.5. The highest BCUT2D eigenvalue weighted by atomic mass is 32.2. The Labute approximate surface area is 176 Å². The zero-order valence-corrected chi connectivity index (χ0v) is 17.6. The summed E-state index contributed by atoms with van der Waals surface area (Å²) in [7, 11) is 0. The van der Waals surface area contributed by atoms with Crippen LogP contribution < -0.4 is 10.6 Å². The predicted octanol–water partition coefficient (Wildman–Crippen LogP) is 2.81. The molecule has 2 N–H and O–H groups in total. The number of thiophene rings is 1. The number of carbonyl (C=O) groups excluding carboxylic acids is 2. The number of aromatic nitrogens is 4. The summed E-state index contributed by atoms with van der Waals surface area (Å²) in [6.07, 6.45) is 4.49. The monoisotopic (exact) mass is 434 g/mol.